The van der Waals surface area contributed by atoms with Crippen LogP contribution < -0.4 is 10.6 Å². The molecule has 6 heteroatoms. The van der Waals surface area contributed by atoms with E-state index >= 15 is 0 Å². The van der Waals surface area contributed by atoms with Crippen LogP contribution in [-0.4, -0.2) is 45.5 Å². The van der Waals surface area contributed by atoms with Crippen LogP contribution in [0.25, 0.3) is 0 Å². The van der Waals surface area contributed by atoms with Gasteiger partial charge in [0.1, 0.15) is 0 Å². The predicted octanol–water partition coefficient (Wildman–Crippen LogP) is 0.701. The minimum Gasteiger partial charge on any atom is -0.383 e. The summed E-state index contributed by atoms with van der Waals surface area (Å²) >= 11 is 1.62. The van der Waals surface area contributed by atoms with E-state index in [-0.39, 0.29) is 0 Å². The highest BCUT2D eigenvalue weighted by Crippen LogP contribution is 2.21. The molecule has 5 nitrogen and oxygen atoms in total. The summed E-state index contributed by atoms with van der Waals surface area (Å²) in [5, 5.41) is 0.981. The van der Waals surface area contributed by atoms with E-state index in [0.29, 0.717) is 19.8 Å². The molecule has 0 fully saturated rings. The van der Waals surface area contributed by atoms with Crippen molar-refractivity contribution in [2.75, 3.05) is 45.4 Å². The number of ether oxygens (including phenoxy) is 2. The zero-order chi connectivity index (χ0) is 11.8. The molecule has 0 saturated carbocycles. The summed E-state index contributed by atoms with van der Waals surface area (Å²) in [5.41, 5.74) is 5.57. The number of hydrogen-bond acceptors (Lipinski definition) is 6. The second kappa shape index (κ2) is 7.56. The van der Waals surface area contributed by atoms with Crippen molar-refractivity contribution >= 4 is 16.5 Å². The zero-order valence-corrected chi connectivity index (χ0v) is 10.6. The summed E-state index contributed by atoms with van der Waals surface area (Å²) in [6.07, 6.45) is 1.83. The van der Waals surface area contributed by atoms with Crippen molar-refractivity contribution in [2.45, 2.75) is 6.54 Å². The first kappa shape index (κ1) is 13.4. The van der Waals surface area contributed by atoms with Gasteiger partial charge in [-0.2, -0.15) is 0 Å². The monoisotopic (exact) mass is 245 g/mol. The molecular formula is C10H19N3O2S. The van der Waals surface area contributed by atoms with Gasteiger partial charge < -0.3 is 20.1 Å². The molecule has 0 radical (unpaired) electrons. The third-order valence-electron chi connectivity index (χ3n) is 2.14. The zero-order valence-electron chi connectivity index (χ0n) is 9.81. The maximum atomic E-state index is 5.57. The highest BCUT2D eigenvalue weighted by molar-refractivity contribution is 7.15. The van der Waals surface area contributed by atoms with Crippen LogP contribution >= 0.6 is 11.3 Å². The van der Waals surface area contributed by atoms with Gasteiger partial charge in [-0.15, -0.1) is 11.3 Å². The maximum Gasteiger partial charge on any atom is 0.185 e. The molecule has 0 aliphatic rings. The van der Waals surface area contributed by atoms with Gasteiger partial charge in [-0.3, -0.25) is 0 Å². The van der Waals surface area contributed by atoms with E-state index in [1.54, 1.807) is 25.6 Å². The summed E-state index contributed by atoms with van der Waals surface area (Å²) in [6, 6.07) is 0. The average Bonchev–Trinajstić information content (AvgIpc) is 2.78. The Morgan fingerprint density at radius 2 is 1.94 bits per heavy atom. The van der Waals surface area contributed by atoms with E-state index in [2.05, 4.69) is 9.88 Å². The third kappa shape index (κ3) is 4.05. The van der Waals surface area contributed by atoms with Gasteiger partial charge in [0.15, 0.2) is 5.13 Å². The molecule has 0 spiro atoms. The van der Waals surface area contributed by atoms with Crippen LogP contribution in [0.3, 0.4) is 0 Å². The summed E-state index contributed by atoms with van der Waals surface area (Å²) in [7, 11) is 3.39. The van der Waals surface area contributed by atoms with Crippen LogP contribution in [0.5, 0.6) is 0 Å². The van der Waals surface area contributed by atoms with Crippen molar-refractivity contribution in [3.8, 4) is 0 Å². The first-order valence-corrected chi connectivity index (χ1v) is 6.01. The molecule has 92 valence electrons. The molecule has 1 rings (SSSR count). The van der Waals surface area contributed by atoms with Crippen molar-refractivity contribution in [1.29, 1.82) is 0 Å². The Kier molecular flexibility index (Phi) is 6.32. The lowest BCUT2D eigenvalue weighted by molar-refractivity contribution is 0.190. The van der Waals surface area contributed by atoms with Gasteiger partial charge in [0, 0.05) is 44.9 Å². The summed E-state index contributed by atoms with van der Waals surface area (Å²) < 4.78 is 10.2. The fraction of sp³-hybridized carbons (Fsp3) is 0.700. The first-order valence-electron chi connectivity index (χ1n) is 5.19. The molecule has 16 heavy (non-hydrogen) atoms. The lowest BCUT2D eigenvalue weighted by Gasteiger charge is -2.20. The largest absolute Gasteiger partial charge is 0.383 e. The van der Waals surface area contributed by atoms with E-state index in [9.17, 15) is 0 Å². The van der Waals surface area contributed by atoms with Crippen molar-refractivity contribution in [1.82, 2.24) is 4.98 Å². The van der Waals surface area contributed by atoms with Gasteiger partial charge in [0.2, 0.25) is 0 Å². The van der Waals surface area contributed by atoms with E-state index < -0.39 is 0 Å². The van der Waals surface area contributed by atoms with Gasteiger partial charge in [-0.25, -0.2) is 4.98 Å². The van der Waals surface area contributed by atoms with E-state index in [1.165, 1.54) is 0 Å². The van der Waals surface area contributed by atoms with Crippen molar-refractivity contribution < 1.29 is 9.47 Å². The number of rotatable bonds is 8. The number of thiazole rings is 1. The molecule has 1 heterocycles. The molecular weight excluding hydrogens is 226 g/mol. The fourth-order valence-electron chi connectivity index (χ4n) is 1.24. The molecule has 2 N–H and O–H groups in total. The number of hydrogen-bond donors (Lipinski definition) is 1. The Bertz CT molecular complexity index is 285. The molecule has 0 aliphatic heterocycles. The van der Waals surface area contributed by atoms with E-state index in [1.807, 2.05) is 6.20 Å². The maximum absolute atomic E-state index is 5.57. The topological polar surface area (TPSA) is 60.6 Å². The molecule has 0 bridgehead atoms. The molecule has 0 saturated heterocycles. The van der Waals surface area contributed by atoms with Crippen LogP contribution in [0, 0.1) is 0 Å². The lowest BCUT2D eigenvalue weighted by atomic mass is 10.5. The van der Waals surface area contributed by atoms with Gasteiger partial charge in [-0.05, 0) is 0 Å². The van der Waals surface area contributed by atoms with Crippen molar-refractivity contribution in [2.24, 2.45) is 5.73 Å². The van der Waals surface area contributed by atoms with Gasteiger partial charge in [-0.1, -0.05) is 0 Å². The number of aromatic nitrogens is 1. The summed E-state index contributed by atoms with van der Waals surface area (Å²) in [5.74, 6) is 0. The minimum absolute atomic E-state index is 0.542. The normalized spacial score (nSPS) is 10.7. The van der Waals surface area contributed by atoms with Crippen molar-refractivity contribution in [3.63, 3.8) is 0 Å². The third-order valence-corrected chi connectivity index (χ3v) is 3.22. The average molecular weight is 245 g/mol. The Balaban J connectivity index is 2.58. The molecule has 0 amide bonds. The van der Waals surface area contributed by atoms with Crippen LogP contribution in [0.4, 0.5) is 5.13 Å². The smallest absolute Gasteiger partial charge is 0.185 e. The number of nitrogens with zero attached hydrogens (tertiary/aromatic N) is 2. The fourth-order valence-corrected chi connectivity index (χ4v) is 2.08. The highest BCUT2D eigenvalue weighted by Gasteiger charge is 2.10. The lowest BCUT2D eigenvalue weighted by Crippen LogP contribution is -2.30. The van der Waals surface area contributed by atoms with Crippen LogP contribution in [0.15, 0.2) is 6.20 Å². The first-order chi connectivity index (χ1) is 7.81. The van der Waals surface area contributed by atoms with Gasteiger partial charge >= 0.3 is 0 Å². The standard InChI is InChI=1S/C10H19N3O2S/c1-14-5-3-13(4-6-15-2)10-12-8-9(7-11)16-10/h8H,3-7,11H2,1-2H3. The van der Waals surface area contributed by atoms with E-state index in [0.717, 1.165) is 23.1 Å². The second-order valence-electron chi connectivity index (χ2n) is 3.29. The molecule has 1 aromatic rings. The summed E-state index contributed by atoms with van der Waals surface area (Å²) in [6.45, 7) is 3.54. The Morgan fingerprint density at radius 1 is 1.31 bits per heavy atom. The van der Waals surface area contributed by atoms with Crippen LogP contribution in [0.1, 0.15) is 4.88 Å². The number of methoxy groups -OCH3 is 2. The van der Waals surface area contributed by atoms with Crippen molar-refractivity contribution in [3.05, 3.63) is 11.1 Å². The second-order valence-corrected chi connectivity index (χ2v) is 4.38. The van der Waals surface area contributed by atoms with Gasteiger partial charge in [0.05, 0.1) is 13.2 Å². The Labute approximate surface area is 100 Å². The number of nitrogens with two attached hydrogens (primary N) is 1. The quantitative estimate of drug-likeness (QED) is 0.730. The highest BCUT2D eigenvalue weighted by atomic mass is 32.1. The molecule has 0 atom stereocenters. The molecule has 1 aromatic heterocycles. The van der Waals surface area contributed by atoms with Crippen LogP contribution in [-0.2, 0) is 16.0 Å². The Hall–Kier alpha value is -0.690. The number of anilines is 1. The molecule has 0 aliphatic carbocycles. The Morgan fingerprint density at radius 3 is 2.38 bits per heavy atom. The van der Waals surface area contributed by atoms with Gasteiger partial charge in [0.25, 0.3) is 0 Å². The SMILES string of the molecule is COCCN(CCOC)c1ncc(CN)s1. The minimum atomic E-state index is 0.542. The predicted molar refractivity (Wildman–Crippen MR) is 66.0 cm³/mol. The summed E-state index contributed by atoms with van der Waals surface area (Å²) in [4.78, 5) is 7.59. The van der Waals surface area contributed by atoms with E-state index in [4.69, 9.17) is 15.2 Å². The van der Waals surface area contributed by atoms with Crippen LogP contribution in [0.2, 0.25) is 0 Å². The molecule has 0 unspecified atom stereocenters. The molecule has 0 aromatic carbocycles.